The molecule has 2 heterocycles. The largest absolute Gasteiger partial charge is 0.370 e. The number of aromatic nitrogens is 2. The van der Waals surface area contributed by atoms with E-state index in [2.05, 4.69) is 27.2 Å². The molecule has 1 aromatic heterocycles. The van der Waals surface area contributed by atoms with Gasteiger partial charge in [-0.1, -0.05) is 0 Å². The van der Waals surface area contributed by atoms with Gasteiger partial charge in [-0.2, -0.15) is 5.26 Å². The molecule has 1 fully saturated rings. The molecular weight excluding hydrogens is 226 g/mol. The van der Waals surface area contributed by atoms with Crippen LogP contribution in [0.1, 0.15) is 25.0 Å². The molecule has 18 heavy (non-hydrogen) atoms. The molecule has 0 unspecified atom stereocenters. The second kappa shape index (κ2) is 6.31. The van der Waals surface area contributed by atoms with Crippen molar-refractivity contribution in [2.24, 2.45) is 5.92 Å². The summed E-state index contributed by atoms with van der Waals surface area (Å²) >= 11 is 0. The lowest BCUT2D eigenvalue weighted by Gasteiger charge is -2.28. The fourth-order valence-electron chi connectivity index (χ4n) is 2.27. The van der Waals surface area contributed by atoms with Crippen LogP contribution in [-0.2, 0) is 0 Å². The first kappa shape index (κ1) is 12.8. The van der Waals surface area contributed by atoms with Crippen LogP contribution in [0.3, 0.4) is 0 Å². The number of nitrogens with zero attached hydrogens (tertiary/aromatic N) is 4. The van der Waals surface area contributed by atoms with E-state index in [9.17, 15) is 0 Å². The number of rotatable bonds is 4. The number of nitriles is 1. The van der Waals surface area contributed by atoms with Crippen LogP contribution in [0.15, 0.2) is 12.4 Å². The van der Waals surface area contributed by atoms with Crippen LogP contribution in [0.4, 0.5) is 5.82 Å². The van der Waals surface area contributed by atoms with Crippen molar-refractivity contribution in [2.75, 3.05) is 32.0 Å². The Morgan fingerprint density at radius 2 is 2.22 bits per heavy atom. The minimum absolute atomic E-state index is 0.409. The van der Waals surface area contributed by atoms with E-state index in [1.165, 1.54) is 38.7 Å². The molecule has 1 saturated heterocycles. The zero-order valence-electron chi connectivity index (χ0n) is 10.8. The quantitative estimate of drug-likeness (QED) is 0.870. The molecule has 0 amide bonds. The van der Waals surface area contributed by atoms with Gasteiger partial charge >= 0.3 is 0 Å². The summed E-state index contributed by atoms with van der Waals surface area (Å²) in [5, 5.41) is 12.0. The molecule has 0 saturated carbocycles. The molecule has 5 nitrogen and oxygen atoms in total. The van der Waals surface area contributed by atoms with Gasteiger partial charge in [-0.25, -0.2) is 9.97 Å². The van der Waals surface area contributed by atoms with Crippen molar-refractivity contribution < 1.29 is 0 Å². The number of nitrogens with one attached hydrogen (secondary N) is 1. The van der Waals surface area contributed by atoms with Gasteiger partial charge in [0.05, 0.1) is 0 Å². The zero-order chi connectivity index (χ0) is 12.8. The van der Waals surface area contributed by atoms with Crippen molar-refractivity contribution in [1.29, 1.82) is 5.26 Å². The molecule has 2 rings (SSSR count). The predicted octanol–water partition coefficient (Wildman–Crippen LogP) is 1.49. The molecule has 1 aliphatic heterocycles. The van der Waals surface area contributed by atoms with Gasteiger partial charge in [0.1, 0.15) is 23.9 Å². The van der Waals surface area contributed by atoms with Crippen molar-refractivity contribution >= 4 is 5.82 Å². The van der Waals surface area contributed by atoms with E-state index >= 15 is 0 Å². The Labute approximate surface area is 108 Å². The van der Waals surface area contributed by atoms with Crippen molar-refractivity contribution in [2.45, 2.75) is 19.3 Å². The fraction of sp³-hybridized carbons (Fsp3) is 0.615. The third-order valence-corrected chi connectivity index (χ3v) is 3.48. The van der Waals surface area contributed by atoms with Gasteiger partial charge in [-0.3, -0.25) is 0 Å². The Bertz CT molecular complexity index is 418. The average molecular weight is 245 g/mol. The molecule has 1 aromatic rings. The highest BCUT2D eigenvalue weighted by Gasteiger charge is 2.15. The Hall–Kier alpha value is -1.67. The second-order valence-corrected chi connectivity index (χ2v) is 4.86. The van der Waals surface area contributed by atoms with Crippen molar-refractivity contribution in [3.8, 4) is 6.07 Å². The average Bonchev–Trinajstić information content (AvgIpc) is 2.41. The summed E-state index contributed by atoms with van der Waals surface area (Å²) in [5.41, 5.74) is 0.409. The fourth-order valence-corrected chi connectivity index (χ4v) is 2.27. The Morgan fingerprint density at radius 1 is 1.44 bits per heavy atom. The maximum atomic E-state index is 8.74. The Balaban J connectivity index is 1.73. The predicted molar refractivity (Wildman–Crippen MR) is 70.1 cm³/mol. The maximum Gasteiger partial charge on any atom is 0.145 e. The highest BCUT2D eigenvalue weighted by atomic mass is 15.1. The number of anilines is 1. The van der Waals surface area contributed by atoms with Crippen molar-refractivity contribution in [1.82, 2.24) is 14.9 Å². The first-order valence-electron chi connectivity index (χ1n) is 6.42. The lowest BCUT2D eigenvalue weighted by molar-refractivity contribution is 0.215. The molecule has 0 radical (unpaired) electrons. The van der Waals surface area contributed by atoms with E-state index in [1.807, 2.05) is 6.07 Å². The topological polar surface area (TPSA) is 64.8 Å². The van der Waals surface area contributed by atoms with Gasteiger partial charge in [0.25, 0.3) is 0 Å². The minimum atomic E-state index is 0.409. The molecule has 0 atom stereocenters. The third-order valence-electron chi connectivity index (χ3n) is 3.48. The van der Waals surface area contributed by atoms with E-state index < -0.39 is 0 Å². The zero-order valence-corrected chi connectivity index (χ0v) is 10.8. The normalized spacial score (nSPS) is 17.3. The van der Waals surface area contributed by atoms with Gasteiger partial charge < -0.3 is 10.2 Å². The van der Waals surface area contributed by atoms with E-state index in [1.54, 1.807) is 6.07 Å². The Kier molecular flexibility index (Phi) is 4.48. The van der Waals surface area contributed by atoms with Gasteiger partial charge in [-0.05, 0) is 45.3 Å². The first-order chi connectivity index (χ1) is 8.78. The minimum Gasteiger partial charge on any atom is -0.370 e. The first-order valence-corrected chi connectivity index (χ1v) is 6.42. The molecule has 1 aliphatic rings. The molecule has 5 heteroatoms. The third kappa shape index (κ3) is 3.67. The smallest absolute Gasteiger partial charge is 0.145 e. The summed E-state index contributed by atoms with van der Waals surface area (Å²) in [6, 6.07) is 3.70. The molecular formula is C13H19N5. The summed E-state index contributed by atoms with van der Waals surface area (Å²) in [6.07, 6.45) is 5.16. The van der Waals surface area contributed by atoms with E-state index in [0.717, 1.165) is 18.3 Å². The molecule has 96 valence electrons. The standard InChI is InChI=1S/C13H19N5/c1-18-6-3-11(4-7-18)2-5-15-13-8-12(9-14)16-10-17-13/h8,10-11H,2-7H2,1H3,(H,15,16,17). The molecule has 0 aliphatic carbocycles. The number of likely N-dealkylation sites (tertiary alicyclic amines) is 1. The van der Waals surface area contributed by atoms with Gasteiger partial charge in [-0.15, -0.1) is 0 Å². The van der Waals surface area contributed by atoms with Crippen LogP contribution in [0.25, 0.3) is 0 Å². The van der Waals surface area contributed by atoms with Crippen LogP contribution in [0.5, 0.6) is 0 Å². The highest BCUT2D eigenvalue weighted by molar-refractivity contribution is 5.38. The lowest BCUT2D eigenvalue weighted by atomic mass is 9.94. The number of piperidine rings is 1. The summed E-state index contributed by atoms with van der Waals surface area (Å²) in [4.78, 5) is 10.3. The monoisotopic (exact) mass is 245 g/mol. The van der Waals surface area contributed by atoms with Crippen LogP contribution in [0, 0.1) is 17.2 Å². The Morgan fingerprint density at radius 3 is 2.94 bits per heavy atom. The molecule has 0 spiro atoms. The van der Waals surface area contributed by atoms with Gasteiger partial charge in [0, 0.05) is 12.6 Å². The van der Waals surface area contributed by atoms with Gasteiger partial charge in [0.15, 0.2) is 0 Å². The lowest BCUT2D eigenvalue weighted by Crippen LogP contribution is -2.30. The second-order valence-electron chi connectivity index (χ2n) is 4.86. The van der Waals surface area contributed by atoms with Crippen molar-refractivity contribution in [3.05, 3.63) is 18.1 Å². The SMILES string of the molecule is CN1CCC(CCNc2cc(C#N)ncn2)CC1. The van der Waals surface area contributed by atoms with Crippen LogP contribution in [-0.4, -0.2) is 41.5 Å². The summed E-state index contributed by atoms with van der Waals surface area (Å²) < 4.78 is 0. The summed E-state index contributed by atoms with van der Waals surface area (Å²) in [6.45, 7) is 3.32. The highest BCUT2D eigenvalue weighted by Crippen LogP contribution is 2.19. The van der Waals surface area contributed by atoms with Crippen LogP contribution in [0.2, 0.25) is 0 Å². The van der Waals surface area contributed by atoms with E-state index in [-0.39, 0.29) is 0 Å². The maximum absolute atomic E-state index is 8.74. The molecule has 0 bridgehead atoms. The van der Waals surface area contributed by atoms with E-state index in [0.29, 0.717) is 5.69 Å². The van der Waals surface area contributed by atoms with Gasteiger partial charge in [0.2, 0.25) is 0 Å². The number of hydrogen-bond donors (Lipinski definition) is 1. The summed E-state index contributed by atoms with van der Waals surface area (Å²) in [5.74, 6) is 1.56. The summed E-state index contributed by atoms with van der Waals surface area (Å²) in [7, 11) is 2.18. The van der Waals surface area contributed by atoms with Crippen molar-refractivity contribution in [3.63, 3.8) is 0 Å². The molecule has 1 N–H and O–H groups in total. The number of hydrogen-bond acceptors (Lipinski definition) is 5. The van der Waals surface area contributed by atoms with E-state index in [4.69, 9.17) is 5.26 Å². The van der Waals surface area contributed by atoms with Crippen LogP contribution >= 0.6 is 0 Å². The molecule has 0 aromatic carbocycles. The van der Waals surface area contributed by atoms with Crippen LogP contribution < -0.4 is 5.32 Å².